The van der Waals surface area contributed by atoms with Gasteiger partial charge < -0.3 is 14.0 Å². The number of nitro groups is 1. The van der Waals surface area contributed by atoms with Gasteiger partial charge in [0.05, 0.1) is 11.0 Å². The van der Waals surface area contributed by atoms with Crippen molar-refractivity contribution in [2.45, 2.75) is 0 Å². The summed E-state index contributed by atoms with van der Waals surface area (Å²) >= 11 is -2.63. The predicted octanol–water partition coefficient (Wildman–Crippen LogP) is 2.59. The third-order valence-electron chi connectivity index (χ3n) is 2.34. The molecule has 0 fully saturated rings. The van der Waals surface area contributed by atoms with Crippen LogP contribution in [0.25, 0.3) is 0 Å². The fraction of sp³-hybridized carbons (Fsp3) is 0. The summed E-state index contributed by atoms with van der Waals surface area (Å²) in [5.41, 5.74) is -0.508. The quantitative estimate of drug-likeness (QED) is 0.518. The van der Waals surface area contributed by atoms with E-state index in [-0.39, 0.29) is 17.1 Å². The summed E-state index contributed by atoms with van der Waals surface area (Å²) in [4.78, 5) is 10.2. The van der Waals surface area contributed by atoms with Gasteiger partial charge in [-0.15, -0.1) is 0 Å². The van der Waals surface area contributed by atoms with Crippen molar-refractivity contribution in [3.63, 3.8) is 0 Å². The number of ether oxygens (including phenoxy) is 1. The van der Waals surface area contributed by atoms with E-state index in [9.17, 15) is 18.9 Å². The van der Waals surface area contributed by atoms with E-state index in [1.165, 1.54) is 12.1 Å². The molecule has 1 atom stereocenters. The lowest BCUT2D eigenvalue weighted by Crippen LogP contribution is -2.05. The maximum absolute atomic E-state index is 10.9. The molecule has 0 saturated heterocycles. The third-order valence-corrected chi connectivity index (χ3v) is 2.72. The normalized spacial score (nSPS) is 11.7. The average Bonchev–Trinajstić information content (AvgIpc) is 2.41. The van der Waals surface area contributed by atoms with Gasteiger partial charge in [-0.05, 0) is 24.3 Å². The molecule has 1 N–H and O–H groups in total. The van der Waals surface area contributed by atoms with Gasteiger partial charge in [0.15, 0.2) is 0 Å². The Labute approximate surface area is 116 Å². The van der Waals surface area contributed by atoms with Gasteiger partial charge in [-0.25, -0.2) is 0 Å². The highest BCUT2D eigenvalue weighted by Gasteiger charge is 2.15. The van der Waals surface area contributed by atoms with Gasteiger partial charge in [0.2, 0.25) is 0 Å². The molecule has 2 aromatic carbocycles. The highest BCUT2D eigenvalue weighted by atomic mass is 32.2. The Balaban J connectivity index is 2.30. The molecule has 0 spiro atoms. The zero-order valence-electron chi connectivity index (χ0n) is 10.0. The molecule has 0 aliphatic rings. The summed E-state index contributed by atoms with van der Waals surface area (Å²) in [6, 6.07) is 12.6. The Morgan fingerprint density at radius 2 is 1.80 bits per heavy atom. The largest absolute Gasteiger partial charge is 0.755 e. The lowest BCUT2D eigenvalue weighted by molar-refractivity contribution is -0.383. The van der Waals surface area contributed by atoms with Crippen LogP contribution in [0, 0.1) is 10.1 Å². The molecule has 2 rings (SSSR count). The summed E-state index contributed by atoms with van der Waals surface area (Å²) in [5, 5.41) is 10.9. The van der Waals surface area contributed by atoms with Crippen molar-refractivity contribution in [1.29, 1.82) is 0 Å². The number of hydrogen-bond donors (Lipinski definition) is 1. The number of benzene rings is 2. The number of nitro benzene ring substituents is 1. The molecule has 20 heavy (non-hydrogen) atoms. The van der Waals surface area contributed by atoms with Crippen LogP contribution in [0.4, 0.5) is 11.4 Å². The van der Waals surface area contributed by atoms with Crippen LogP contribution in [0.3, 0.4) is 0 Å². The van der Waals surface area contributed by atoms with Crippen LogP contribution in [0.5, 0.6) is 11.5 Å². The van der Waals surface area contributed by atoms with E-state index in [1.54, 1.807) is 24.3 Å². The fourth-order valence-corrected chi connectivity index (χ4v) is 1.88. The van der Waals surface area contributed by atoms with Crippen LogP contribution in [0.15, 0.2) is 48.5 Å². The number of anilines is 1. The highest BCUT2D eigenvalue weighted by molar-refractivity contribution is 7.80. The molecule has 0 aliphatic carbocycles. The number of hydrogen-bond acceptors (Lipinski definition) is 5. The van der Waals surface area contributed by atoms with Crippen molar-refractivity contribution in [2.24, 2.45) is 0 Å². The first-order valence-corrected chi connectivity index (χ1v) is 6.51. The predicted molar refractivity (Wildman–Crippen MR) is 72.2 cm³/mol. The van der Waals surface area contributed by atoms with Crippen LogP contribution >= 0.6 is 0 Å². The first-order chi connectivity index (χ1) is 9.56. The van der Waals surface area contributed by atoms with Crippen molar-refractivity contribution in [2.75, 3.05) is 4.72 Å². The van der Waals surface area contributed by atoms with Crippen molar-refractivity contribution in [1.82, 2.24) is 0 Å². The standard InChI is InChI=1S/C12H10N2O5S/c15-14(16)12-8-10(6-7-11(12)13-20(17)18)19-9-4-2-1-3-5-9/h1-8,13H,(H,17,18)/p-1. The molecule has 0 radical (unpaired) electrons. The molecular weight excluding hydrogens is 284 g/mol. The number of para-hydroxylation sites is 1. The first kappa shape index (κ1) is 14.0. The Morgan fingerprint density at radius 1 is 1.10 bits per heavy atom. The van der Waals surface area contributed by atoms with Crippen molar-refractivity contribution in [3.05, 3.63) is 58.6 Å². The Hall–Kier alpha value is -2.45. The van der Waals surface area contributed by atoms with Crippen LogP contribution < -0.4 is 9.46 Å². The van der Waals surface area contributed by atoms with Crippen LogP contribution in [0.1, 0.15) is 0 Å². The molecule has 104 valence electrons. The zero-order valence-corrected chi connectivity index (χ0v) is 10.8. The molecule has 0 aliphatic heterocycles. The molecule has 0 saturated carbocycles. The van der Waals surface area contributed by atoms with Gasteiger partial charge >= 0.3 is 0 Å². The summed E-state index contributed by atoms with van der Waals surface area (Å²) in [7, 11) is 0. The second-order valence-electron chi connectivity index (χ2n) is 3.69. The van der Waals surface area contributed by atoms with Crippen LogP contribution in [-0.2, 0) is 11.3 Å². The van der Waals surface area contributed by atoms with Gasteiger partial charge in [0.1, 0.15) is 17.2 Å². The summed E-state index contributed by atoms with van der Waals surface area (Å²) in [6.07, 6.45) is 0. The monoisotopic (exact) mass is 293 g/mol. The molecule has 0 heterocycles. The van der Waals surface area contributed by atoms with E-state index in [0.29, 0.717) is 5.75 Å². The zero-order chi connectivity index (χ0) is 14.5. The Bertz CT molecular complexity index is 648. The average molecular weight is 293 g/mol. The third kappa shape index (κ3) is 3.53. The van der Waals surface area contributed by atoms with Gasteiger partial charge in [-0.3, -0.25) is 14.3 Å². The highest BCUT2D eigenvalue weighted by Crippen LogP contribution is 2.31. The molecule has 0 aromatic heterocycles. The van der Waals surface area contributed by atoms with Gasteiger partial charge in [0.25, 0.3) is 5.69 Å². The Morgan fingerprint density at radius 3 is 2.40 bits per heavy atom. The minimum atomic E-state index is -2.63. The summed E-state index contributed by atoms with van der Waals surface area (Å²) in [6.45, 7) is 0. The van der Waals surface area contributed by atoms with Crippen molar-refractivity contribution < 1.29 is 18.4 Å². The molecule has 0 amide bonds. The first-order valence-electron chi connectivity index (χ1n) is 5.43. The fourth-order valence-electron chi connectivity index (χ4n) is 1.53. The lowest BCUT2D eigenvalue weighted by Gasteiger charge is -2.10. The molecule has 8 heteroatoms. The lowest BCUT2D eigenvalue weighted by atomic mass is 10.2. The van der Waals surface area contributed by atoms with Crippen LogP contribution in [0.2, 0.25) is 0 Å². The maximum atomic E-state index is 10.9. The van der Waals surface area contributed by atoms with Gasteiger partial charge in [-0.1, -0.05) is 18.2 Å². The number of nitrogens with one attached hydrogen (secondary N) is 1. The maximum Gasteiger partial charge on any atom is 0.296 e. The topological polar surface area (TPSA) is 105 Å². The summed E-state index contributed by atoms with van der Waals surface area (Å²) < 4.78 is 28.5. The number of nitrogens with zero attached hydrogens (tertiary/aromatic N) is 1. The molecule has 7 nitrogen and oxygen atoms in total. The minimum absolute atomic E-state index is 0.122. The van der Waals surface area contributed by atoms with Crippen molar-refractivity contribution >= 4 is 22.6 Å². The molecule has 0 bridgehead atoms. The van der Waals surface area contributed by atoms with E-state index in [2.05, 4.69) is 0 Å². The number of rotatable bonds is 5. The SMILES string of the molecule is O=[N+]([O-])c1cc(Oc2ccccc2)ccc1NS(=O)[O-]. The molecular formula is C12H9N2O5S-. The summed E-state index contributed by atoms with van der Waals surface area (Å²) in [5.74, 6) is 0.764. The molecule has 1 unspecified atom stereocenters. The molecule has 2 aromatic rings. The van der Waals surface area contributed by atoms with E-state index < -0.39 is 16.2 Å². The second kappa shape index (κ2) is 6.13. The van der Waals surface area contributed by atoms with Crippen molar-refractivity contribution in [3.8, 4) is 11.5 Å². The van der Waals surface area contributed by atoms with Crippen LogP contribution in [-0.4, -0.2) is 13.7 Å². The smallest absolute Gasteiger partial charge is 0.296 e. The second-order valence-corrected chi connectivity index (χ2v) is 4.36. The van der Waals surface area contributed by atoms with E-state index in [4.69, 9.17) is 4.74 Å². The van der Waals surface area contributed by atoms with Gasteiger partial charge in [-0.2, -0.15) is 0 Å². The van der Waals surface area contributed by atoms with E-state index in [1.807, 2.05) is 10.8 Å². The van der Waals surface area contributed by atoms with Gasteiger partial charge in [0, 0.05) is 11.3 Å². The van der Waals surface area contributed by atoms with E-state index in [0.717, 1.165) is 6.07 Å². The minimum Gasteiger partial charge on any atom is -0.755 e. The van der Waals surface area contributed by atoms with E-state index >= 15 is 0 Å². The Kier molecular flexibility index (Phi) is 4.28.